The molecule has 0 bridgehead atoms. The second-order valence-electron chi connectivity index (χ2n) is 7.23. The molecule has 3 rings (SSSR count). The van der Waals surface area contributed by atoms with Crippen molar-refractivity contribution in [2.75, 3.05) is 32.1 Å². The Balaban J connectivity index is 1.65. The number of halogens is 1. The lowest BCUT2D eigenvalue weighted by molar-refractivity contribution is -0.120. The van der Waals surface area contributed by atoms with E-state index in [0.29, 0.717) is 30.9 Å². The molecule has 0 spiro atoms. The molecule has 0 aromatic heterocycles. The van der Waals surface area contributed by atoms with Gasteiger partial charge in [-0.05, 0) is 50.1 Å². The summed E-state index contributed by atoms with van der Waals surface area (Å²) in [5, 5.41) is 3.00. The zero-order valence-corrected chi connectivity index (χ0v) is 19.4. The van der Waals surface area contributed by atoms with Crippen LogP contribution in [0.25, 0.3) is 0 Å². The molecule has 1 saturated heterocycles. The van der Waals surface area contributed by atoms with Gasteiger partial charge in [0, 0.05) is 19.0 Å². The maximum Gasteiger partial charge on any atom is 0.339 e. The number of esters is 1. The first-order valence-corrected chi connectivity index (χ1v) is 12.0. The second kappa shape index (κ2) is 10.3. The number of amides is 1. The van der Waals surface area contributed by atoms with Crippen LogP contribution in [0, 0.1) is 5.92 Å². The molecule has 8 nitrogen and oxygen atoms in total. The third-order valence-corrected chi connectivity index (χ3v) is 7.45. The monoisotopic (exact) mass is 480 g/mol. The molecule has 2 aromatic carbocycles. The van der Waals surface area contributed by atoms with Crippen LogP contribution in [0.5, 0.6) is 5.75 Å². The quantitative estimate of drug-likeness (QED) is 0.608. The number of benzene rings is 2. The highest BCUT2D eigenvalue weighted by atomic mass is 35.5. The van der Waals surface area contributed by atoms with Crippen molar-refractivity contribution in [3.05, 3.63) is 53.1 Å². The molecule has 0 saturated carbocycles. The van der Waals surface area contributed by atoms with Gasteiger partial charge in [-0.3, -0.25) is 4.79 Å². The van der Waals surface area contributed by atoms with Crippen LogP contribution in [0.1, 0.15) is 30.1 Å². The molecule has 0 aliphatic carbocycles. The number of hydrogen-bond acceptors (Lipinski definition) is 6. The molecule has 1 aliphatic rings. The van der Waals surface area contributed by atoms with Gasteiger partial charge in [0.15, 0.2) is 0 Å². The first kappa shape index (κ1) is 24.0. The molecular weight excluding hydrogens is 456 g/mol. The fraction of sp³-hybridized carbons (Fsp3) is 0.364. The van der Waals surface area contributed by atoms with E-state index in [4.69, 9.17) is 21.1 Å². The highest BCUT2D eigenvalue weighted by Gasteiger charge is 2.32. The van der Waals surface area contributed by atoms with E-state index < -0.39 is 16.0 Å². The number of rotatable bonds is 7. The Morgan fingerprint density at radius 3 is 2.47 bits per heavy atom. The molecule has 1 heterocycles. The van der Waals surface area contributed by atoms with Gasteiger partial charge in [0.2, 0.25) is 15.9 Å². The Labute approximate surface area is 192 Å². The number of carbonyl (C=O) groups is 2. The smallest absolute Gasteiger partial charge is 0.339 e. The zero-order valence-electron chi connectivity index (χ0n) is 17.8. The van der Waals surface area contributed by atoms with Crippen molar-refractivity contribution in [2.24, 2.45) is 5.92 Å². The summed E-state index contributed by atoms with van der Waals surface area (Å²) in [6.45, 7) is 2.63. The van der Waals surface area contributed by atoms with Crippen LogP contribution in [0.15, 0.2) is 47.4 Å². The van der Waals surface area contributed by atoms with Crippen LogP contribution < -0.4 is 10.1 Å². The fourth-order valence-electron chi connectivity index (χ4n) is 3.54. The van der Waals surface area contributed by atoms with Gasteiger partial charge in [0.1, 0.15) is 5.75 Å². The lowest BCUT2D eigenvalue weighted by Crippen LogP contribution is -2.41. The summed E-state index contributed by atoms with van der Waals surface area (Å²) in [5.74, 6) is -0.759. The van der Waals surface area contributed by atoms with E-state index in [1.807, 2.05) is 6.92 Å². The number of nitrogens with zero attached hydrogens (tertiary/aromatic N) is 1. The van der Waals surface area contributed by atoms with Crippen molar-refractivity contribution >= 4 is 39.2 Å². The summed E-state index contributed by atoms with van der Waals surface area (Å²) in [4.78, 5) is 24.7. The number of sulfonamides is 1. The minimum absolute atomic E-state index is 0.0841. The third-order valence-electron chi connectivity index (χ3n) is 5.26. The van der Waals surface area contributed by atoms with Crippen LogP contribution >= 0.6 is 11.6 Å². The Bertz CT molecular complexity index is 1100. The van der Waals surface area contributed by atoms with Gasteiger partial charge in [-0.25, -0.2) is 13.2 Å². The number of piperidine rings is 1. The maximum absolute atomic E-state index is 13.0. The summed E-state index contributed by atoms with van der Waals surface area (Å²) in [7, 11) is -2.47. The first-order valence-electron chi connectivity index (χ1n) is 10.2. The number of methoxy groups -OCH3 is 1. The van der Waals surface area contributed by atoms with Crippen molar-refractivity contribution in [3.63, 3.8) is 0 Å². The molecule has 1 aliphatic heterocycles. The summed E-state index contributed by atoms with van der Waals surface area (Å²) >= 11 is 6.15. The van der Waals surface area contributed by atoms with Crippen LogP contribution in [-0.2, 0) is 19.6 Å². The van der Waals surface area contributed by atoms with Gasteiger partial charge in [0.25, 0.3) is 0 Å². The van der Waals surface area contributed by atoms with Crippen molar-refractivity contribution in [1.29, 1.82) is 0 Å². The molecule has 32 heavy (non-hydrogen) atoms. The highest BCUT2D eigenvalue weighted by Crippen LogP contribution is 2.31. The van der Waals surface area contributed by atoms with Gasteiger partial charge in [0.05, 0.1) is 34.9 Å². The van der Waals surface area contributed by atoms with Gasteiger partial charge >= 0.3 is 5.97 Å². The Hall–Kier alpha value is -2.62. The van der Waals surface area contributed by atoms with Gasteiger partial charge < -0.3 is 14.8 Å². The van der Waals surface area contributed by atoms with Crippen molar-refractivity contribution in [1.82, 2.24) is 4.31 Å². The highest BCUT2D eigenvalue weighted by molar-refractivity contribution is 7.89. The molecule has 1 amide bonds. The van der Waals surface area contributed by atoms with E-state index >= 15 is 0 Å². The first-order chi connectivity index (χ1) is 15.3. The van der Waals surface area contributed by atoms with E-state index in [0.717, 1.165) is 0 Å². The molecule has 0 unspecified atom stereocenters. The van der Waals surface area contributed by atoms with E-state index in [9.17, 15) is 18.0 Å². The minimum atomic E-state index is -3.75. The van der Waals surface area contributed by atoms with Crippen molar-refractivity contribution in [3.8, 4) is 5.75 Å². The van der Waals surface area contributed by atoms with Gasteiger partial charge in [-0.2, -0.15) is 4.31 Å². The maximum atomic E-state index is 13.0. The lowest BCUT2D eigenvalue weighted by Gasteiger charge is -2.30. The average Bonchev–Trinajstić information content (AvgIpc) is 2.80. The largest absolute Gasteiger partial charge is 0.492 e. The van der Waals surface area contributed by atoms with E-state index in [2.05, 4.69) is 5.32 Å². The van der Waals surface area contributed by atoms with Crippen LogP contribution in [0.2, 0.25) is 5.02 Å². The predicted octanol–water partition coefficient (Wildman–Crippen LogP) is 3.56. The predicted molar refractivity (Wildman–Crippen MR) is 121 cm³/mol. The number of anilines is 1. The molecule has 0 radical (unpaired) electrons. The van der Waals surface area contributed by atoms with Gasteiger partial charge in [-0.15, -0.1) is 0 Å². The van der Waals surface area contributed by atoms with Crippen molar-refractivity contribution in [2.45, 2.75) is 24.7 Å². The SMILES string of the molecule is CCOc1ccc(S(=O)(=O)N2CCC(C(=O)Nc3ccccc3C(=O)OC)CC2)cc1Cl. The molecule has 2 aromatic rings. The summed E-state index contributed by atoms with van der Waals surface area (Å²) in [5.41, 5.74) is 0.624. The normalized spacial score (nSPS) is 15.2. The number of ether oxygens (including phenoxy) is 2. The minimum Gasteiger partial charge on any atom is -0.492 e. The van der Waals surface area contributed by atoms with E-state index in [1.54, 1.807) is 24.3 Å². The second-order valence-corrected chi connectivity index (χ2v) is 9.58. The fourth-order valence-corrected chi connectivity index (χ4v) is 5.33. The standard InChI is InChI=1S/C22H25ClN2O6S/c1-3-31-20-9-8-16(14-18(20)23)32(28,29)25-12-10-15(11-13-25)21(26)24-19-7-5-4-6-17(19)22(27)30-2/h4-9,14-15H,3,10-13H2,1-2H3,(H,24,26). The van der Waals surface area contributed by atoms with Crippen LogP contribution in [0.4, 0.5) is 5.69 Å². The molecule has 1 fully saturated rings. The lowest BCUT2D eigenvalue weighted by atomic mass is 9.97. The molecular formula is C22H25ClN2O6S. The Morgan fingerprint density at radius 2 is 1.84 bits per heavy atom. The number of para-hydroxylation sites is 1. The van der Waals surface area contributed by atoms with E-state index in [-0.39, 0.29) is 40.4 Å². The summed E-state index contributed by atoms with van der Waals surface area (Å²) in [6, 6.07) is 11.0. The number of hydrogen-bond donors (Lipinski definition) is 1. The number of nitrogens with one attached hydrogen (secondary N) is 1. The molecule has 172 valence electrons. The Kier molecular flexibility index (Phi) is 7.76. The van der Waals surface area contributed by atoms with Gasteiger partial charge in [-0.1, -0.05) is 23.7 Å². The molecule has 1 N–H and O–H groups in total. The average molecular weight is 481 g/mol. The van der Waals surface area contributed by atoms with E-state index in [1.165, 1.54) is 29.6 Å². The topological polar surface area (TPSA) is 102 Å². The third kappa shape index (κ3) is 5.23. The van der Waals surface area contributed by atoms with Crippen molar-refractivity contribution < 1.29 is 27.5 Å². The van der Waals surface area contributed by atoms with Crippen LogP contribution in [0.3, 0.4) is 0 Å². The van der Waals surface area contributed by atoms with Crippen LogP contribution in [-0.4, -0.2) is 51.4 Å². The number of carbonyl (C=O) groups excluding carboxylic acids is 2. The summed E-state index contributed by atoms with van der Waals surface area (Å²) < 4.78 is 37.5. The Morgan fingerprint density at radius 1 is 1.16 bits per heavy atom. The zero-order chi connectivity index (χ0) is 23.3. The molecule has 10 heteroatoms. The summed E-state index contributed by atoms with van der Waals surface area (Å²) in [6.07, 6.45) is 0.715. The molecule has 0 atom stereocenters.